The van der Waals surface area contributed by atoms with Gasteiger partial charge in [0.25, 0.3) is 0 Å². The second-order valence-corrected chi connectivity index (χ2v) is 5.90. The van der Waals surface area contributed by atoms with E-state index in [4.69, 9.17) is 14.2 Å². The number of carbonyl (C=O) groups is 1. The minimum atomic E-state index is -1.81. The number of nitrogens with one attached hydrogen (secondary N) is 1. The summed E-state index contributed by atoms with van der Waals surface area (Å²) in [6.45, 7) is 4.21. The highest BCUT2D eigenvalue weighted by Gasteiger charge is 2.51. The van der Waals surface area contributed by atoms with E-state index >= 15 is 0 Å². The van der Waals surface area contributed by atoms with Gasteiger partial charge in [0.05, 0.1) is 19.6 Å². The fourth-order valence-electron chi connectivity index (χ4n) is 2.83. The molecule has 1 unspecified atom stereocenters. The molecule has 1 aromatic carbocycles. The van der Waals surface area contributed by atoms with Crippen molar-refractivity contribution in [2.75, 3.05) is 26.9 Å². The standard InChI is InChI=1S/C18H24N2O6/c1-4-18(20(22)23,17(21)25-5-2)11-13-12-19-16-7-6-14(10-15(13)16)26-9-8-24-3/h6-7,10,12,19H,4-5,8-9,11H2,1-3H3. The molecule has 1 atom stereocenters. The largest absolute Gasteiger partial charge is 0.491 e. The first kappa shape index (κ1) is 19.7. The van der Waals surface area contributed by atoms with E-state index < -0.39 is 16.4 Å². The number of rotatable bonds is 10. The fourth-order valence-corrected chi connectivity index (χ4v) is 2.83. The Kier molecular flexibility index (Phi) is 6.57. The van der Waals surface area contributed by atoms with Gasteiger partial charge < -0.3 is 19.2 Å². The van der Waals surface area contributed by atoms with Crippen LogP contribution < -0.4 is 4.74 Å². The van der Waals surface area contributed by atoms with Gasteiger partial charge in [-0.2, -0.15) is 0 Å². The van der Waals surface area contributed by atoms with Crippen LogP contribution in [-0.4, -0.2) is 48.3 Å². The Bertz CT molecular complexity index is 772. The molecular formula is C18H24N2O6. The van der Waals surface area contributed by atoms with Crippen LogP contribution in [0, 0.1) is 10.1 Å². The van der Waals surface area contributed by atoms with E-state index in [2.05, 4.69) is 4.98 Å². The van der Waals surface area contributed by atoms with Crippen molar-refractivity contribution >= 4 is 16.9 Å². The van der Waals surface area contributed by atoms with Gasteiger partial charge in [-0.25, -0.2) is 4.79 Å². The molecule has 0 amide bonds. The molecule has 2 aromatic rings. The Labute approximate surface area is 151 Å². The second-order valence-electron chi connectivity index (χ2n) is 5.90. The van der Waals surface area contributed by atoms with Crippen LogP contribution in [0.3, 0.4) is 0 Å². The zero-order valence-corrected chi connectivity index (χ0v) is 15.2. The normalized spacial score (nSPS) is 13.3. The number of ether oxygens (including phenoxy) is 3. The van der Waals surface area contributed by atoms with Crippen LogP contribution in [-0.2, 0) is 20.7 Å². The first-order chi connectivity index (χ1) is 12.5. The summed E-state index contributed by atoms with van der Waals surface area (Å²) in [5, 5.41) is 12.5. The van der Waals surface area contributed by atoms with E-state index in [0.29, 0.717) is 24.5 Å². The summed E-state index contributed by atoms with van der Waals surface area (Å²) in [5.74, 6) is -0.177. The van der Waals surface area contributed by atoms with Gasteiger partial charge in [-0.1, -0.05) is 6.92 Å². The molecule has 8 heteroatoms. The van der Waals surface area contributed by atoms with Gasteiger partial charge in [0.1, 0.15) is 12.4 Å². The van der Waals surface area contributed by atoms with Crippen LogP contribution in [0.4, 0.5) is 0 Å². The highest BCUT2D eigenvalue weighted by atomic mass is 16.6. The molecule has 142 valence electrons. The number of hydrogen-bond acceptors (Lipinski definition) is 6. The van der Waals surface area contributed by atoms with E-state index in [0.717, 1.165) is 10.9 Å². The van der Waals surface area contributed by atoms with Crippen molar-refractivity contribution in [1.82, 2.24) is 4.98 Å². The molecule has 1 aromatic heterocycles. The quantitative estimate of drug-likeness (QED) is 0.301. The van der Waals surface area contributed by atoms with Crippen molar-refractivity contribution < 1.29 is 23.9 Å². The summed E-state index contributed by atoms with van der Waals surface area (Å²) in [7, 11) is 1.59. The predicted molar refractivity (Wildman–Crippen MR) is 96.0 cm³/mol. The van der Waals surface area contributed by atoms with Crippen LogP contribution in [0.15, 0.2) is 24.4 Å². The number of hydrogen-bond donors (Lipinski definition) is 1. The lowest BCUT2D eigenvalue weighted by Crippen LogP contribution is -2.49. The second kappa shape index (κ2) is 8.66. The van der Waals surface area contributed by atoms with Crippen LogP contribution in [0.5, 0.6) is 5.75 Å². The van der Waals surface area contributed by atoms with E-state index in [1.54, 1.807) is 27.2 Å². The zero-order valence-electron chi connectivity index (χ0n) is 15.2. The highest BCUT2D eigenvalue weighted by molar-refractivity contribution is 5.86. The summed E-state index contributed by atoms with van der Waals surface area (Å²) < 4.78 is 15.5. The molecule has 0 fully saturated rings. The van der Waals surface area contributed by atoms with Crippen molar-refractivity contribution in [3.8, 4) is 5.75 Å². The maximum Gasteiger partial charge on any atom is 0.385 e. The number of fused-ring (bicyclic) bond motifs is 1. The molecule has 0 aliphatic heterocycles. The lowest BCUT2D eigenvalue weighted by molar-refractivity contribution is -0.555. The molecule has 0 aliphatic rings. The number of nitro groups is 1. The van der Waals surface area contributed by atoms with Crippen molar-refractivity contribution in [1.29, 1.82) is 0 Å². The number of aromatic amines is 1. The van der Waals surface area contributed by atoms with Crippen molar-refractivity contribution in [2.45, 2.75) is 32.2 Å². The number of aromatic nitrogens is 1. The Morgan fingerprint density at radius 3 is 2.69 bits per heavy atom. The Morgan fingerprint density at radius 1 is 1.31 bits per heavy atom. The van der Waals surface area contributed by atoms with Gasteiger partial charge in [0, 0.05) is 35.6 Å². The smallest absolute Gasteiger partial charge is 0.385 e. The first-order valence-electron chi connectivity index (χ1n) is 8.52. The van der Waals surface area contributed by atoms with Crippen molar-refractivity contribution in [2.24, 2.45) is 0 Å². The monoisotopic (exact) mass is 364 g/mol. The number of methoxy groups -OCH3 is 1. The Morgan fingerprint density at radius 2 is 2.08 bits per heavy atom. The van der Waals surface area contributed by atoms with Gasteiger partial charge in [-0.3, -0.25) is 10.1 Å². The molecule has 1 heterocycles. The molecule has 0 spiro atoms. The van der Waals surface area contributed by atoms with Crippen LogP contribution in [0.25, 0.3) is 10.9 Å². The van der Waals surface area contributed by atoms with E-state index in [1.165, 1.54) is 0 Å². The molecule has 2 rings (SSSR count). The van der Waals surface area contributed by atoms with Crippen LogP contribution >= 0.6 is 0 Å². The van der Waals surface area contributed by atoms with Gasteiger partial charge in [0.2, 0.25) is 0 Å². The van der Waals surface area contributed by atoms with Gasteiger partial charge in [-0.05, 0) is 30.7 Å². The summed E-state index contributed by atoms with van der Waals surface area (Å²) in [6.07, 6.45) is 1.67. The molecule has 8 nitrogen and oxygen atoms in total. The molecule has 0 aliphatic carbocycles. The maximum absolute atomic E-state index is 12.3. The lowest BCUT2D eigenvalue weighted by atomic mass is 9.88. The summed E-state index contributed by atoms with van der Waals surface area (Å²) in [6, 6.07) is 5.46. The highest BCUT2D eigenvalue weighted by Crippen LogP contribution is 2.30. The fraction of sp³-hybridized carbons (Fsp3) is 0.500. The van der Waals surface area contributed by atoms with Gasteiger partial charge >= 0.3 is 11.5 Å². The molecule has 0 bridgehead atoms. The van der Waals surface area contributed by atoms with Crippen molar-refractivity contribution in [3.63, 3.8) is 0 Å². The van der Waals surface area contributed by atoms with Crippen LogP contribution in [0.2, 0.25) is 0 Å². The average molecular weight is 364 g/mol. The summed E-state index contributed by atoms with van der Waals surface area (Å²) >= 11 is 0. The number of H-pyrrole nitrogens is 1. The number of benzene rings is 1. The third kappa shape index (κ3) is 3.96. The zero-order chi connectivity index (χ0) is 19.2. The topological polar surface area (TPSA) is 104 Å². The van der Waals surface area contributed by atoms with Gasteiger partial charge in [-0.15, -0.1) is 0 Å². The lowest BCUT2D eigenvalue weighted by Gasteiger charge is -2.21. The number of carbonyl (C=O) groups excluding carboxylic acids is 1. The van der Waals surface area contributed by atoms with E-state index in [1.807, 2.05) is 18.2 Å². The minimum absolute atomic E-state index is 0.0372. The molecule has 0 saturated heterocycles. The third-order valence-electron chi connectivity index (χ3n) is 4.37. The molecule has 1 N–H and O–H groups in total. The maximum atomic E-state index is 12.3. The van der Waals surface area contributed by atoms with E-state index in [-0.39, 0.29) is 19.4 Å². The third-order valence-corrected chi connectivity index (χ3v) is 4.37. The van der Waals surface area contributed by atoms with Crippen molar-refractivity contribution in [3.05, 3.63) is 40.1 Å². The van der Waals surface area contributed by atoms with Gasteiger partial charge in [0.15, 0.2) is 0 Å². The van der Waals surface area contributed by atoms with Crippen LogP contribution in [0.1, 0.15) is 25.8 Å². The number of nitrogens with zero attached hydrogens (tertiary/aromatic N) is 1. The Balaban J connectivity index is 2.36. The summed E-state index contributed by atoms with van der Waals surface area (Å²) in [4.78, 5) is 26.6. The summed E-state index contributed by atoms with van der Waals surface area (Å²) in [5.41, 5.74) is -0.321. The Hall–Kier alpha value is -2.61. The predicted octanol–water partition coefficient (Wildman–Crippen LogP) is 2.72. The number of esters is 1. The molecular weight excluding hydrogens is 340 g/mol. The molecule has 0 radical (unpaired) electrons. The minimum Gasteiger partial charge on any atom is -0.491 e. The first-order valence-corrected chi connectivity index (χ1v) is 8.52. The van der Waals surface area contributed by atoms with E-state index in [9.17, 15) is 14.9 Å². The molecule has 26 heavy (non-hydrogen) atoms. The SMILES string of the molecule is CCOC(=O)C(CC)(Cc1c[nH]c2ccc(OCCOC)cc12)[N+](=O)[O-]. The molecule has 0 saturated carbocycles. The average Bonchev–Trinajstić information content (AvgIpc) is 3.02.